The molecule has 0 aromatic carbocycles. The van der Waals surface area contributed by atoms with Gasteiger partial charge in [-0.25, -0.2) is 0 Å². The number of hydrogen-bond acceptors (Lipinski definition) is 2. The smallest absolute Gasteiger partial charge is 0.305 e. The van der Waals surface area contributed by atoms with Gasteiger partial charge in [0.1, 0.15) is 0 Å². The van der Waals surface area contributed by atoms with Gasteiger partial charge in [-0.2, -0.15) is 0 Å². The molecule has 0 aliphatic heterocycles. The molecule has 0 fully saturated rings. The lowest BCUT2D eigenvalue weighted by molar-refractivity contribution is -0.147. The standard InChI is InChI=1S/C25H50O2/c1-5-8-11-13-14-15-16-17-18-20-24(26)27-23-25(4,21-10-7-3)22-19-12-9-6-2/h5-23H2,1-4H3. The lowest BCUT2D eigenvalue weighted by Gasteiger charge is -2.29. The first-order chi connectivity index (χ1) is 13.1. The molecule has 0 bridgehead atoms. The maximum absolute atomic E-state index is 12.1. The SMILES string of the molecule is CCCCCCCCCCCC(=O)OCC(C)(CCCC)CCCCCC. The van der Waals surface area contributed by atoms with E-state index >= 15 is 0 Å². The third-order valence-electron chi connectivity index (χ3n) is 5.83. The summed E-state index contributed by atoms with van der Waals surface area (Å²) in [7, 11) is 0. The molecule has 27 heavy (non-hydrogen) atoms. The van der Waals surface area contributed by atoms with E-state index in [2.05, 4.69) is 27.7 Å². The van der Waals surface area contributed by atoms with E-state index < -0.39 is 0 Å². The van der Waals surface area contributed by atoms with Crippen LogP contribution in [0, 0.1) is 5.41 Å². The first-order valence-electron chi connectivity index (χ1n) is 12.2. The quantitative estimate of drug-likeness (QED) is 0.155. The number of carbonyl (C=O) groups excluding carboxylic acids is 1. The summed E-state index contributed by atoms with van der Waals surface area (Å²) >= 11 is 0. The van der Waals surface area contributed by atoms with Crippen LogP contribution in [0.2, 0.25) is 0 Å². The summed E-state index contributed by atoms with van der Waals surface area (Å²) in [5.74, 6) is 0.0224. The highest BCUT2D eigenvalue weighted by Gasteiger charge is 2.25. The van der Waals surface area contributed by atoms with Crippen molar-refractivity contribution in [3.63, 3.8) is 0 Å². The predicted octanol–water partition coefficient (Wildman–Crippen LogP) is 8.62. The number of unbranched alkanes of at least 4 members (excludes halogenated alkanes) is 12. The topological polar surface area (TPSA) is 26.3 Å². The van der Waals surface area contributed by atoms with Crippen molar-refractivity contribution in [1.29, 1.82) is 0 Å². The summed E-state index contributed by atoms with van der Waals surface area (Å²) < 4.78 is 5.69. The number of carbonyl (C=O) groups is 1. The molecule has 1 atom stereocenters. The molecule has 1 unspecified atom stereocenters. The van der Waals surface area contributed by atoms with E-state index in [1.54, 1.807) is 0 Å². The van der Waals surface area contributed by atoms with E-state index in [1.807, 2.05) is 0 Å². The molecule has 0 saturated heterocycles. The number of ether oxygens (including phenoxy) is 1. The van der Waals surface area contributed by atoms with Crippen molar-refractivity contribution in [3.8, 4) is 0 Å². The van der Waals surface area contributed by atoms with Gasteiger partial charge in [-0.3, -0.25) is 4.79 Å². The summed E-state index contributed by atoms with van der Waals surface area (Å²) in [6.07, 6.45) is 22.2. The Balaban J connectivity index is 3.84. The van der Waals surface area contributed by atoms with Crippen LogP contribution in [0.1, 0.15) is 143 Å². The zero-order chi connectivity index (χ0) is 20.2. The van der Waals surface area contributed by atoms with Crippen molar-refractivity contribution in [3.05, 3.63) is 0 Å². The van der Waals surface area contributed by atoms with Crippen LogP contribution < -0.4 is 0 Å². The molecule has 0 radical (unpaired) electrons. The molecule has 2 heteroatoms. The molecule has 0 aromatic heterocycles. The summed E-state index contributed by atoms with van der Waals surface area (Å²) in [6.45, 7) is 9.70. The van der Waals surface area contributed by atoms with Gasteiger partial charge in [-0.05, 0) is 19.3 Å². The van der Waals surface area contributed by atoms with Crippen molar-refractivity contribution in [1.82, 2.24) is 0 Å². The largest absolute Gasteiger partial charge is 0.465 e. The summed E-state index contributed by atoms with van der Waals surface area (Å²) in [5.41, 5.74) is 0.178. The lowest BCUT2D eigenvalue weighted by Crippen LogP contribution is -2.25. The van der Waals surface area contributed by atoms with E-state index in [0.29, 0.717) is 13.0 Å². The molecule has 0 amide bonds. The minimum Gasteiger partial charge on any atom is -0.465 e. The summed E-state index contributed by atoms with van der Waals surface area (Å²) in [5, 5.41) is 0. The van der Waals surface area contributed by atoms with Crippen molar-refractivity contribution < 1.29 is 9.53 Å². The van der Waals surface area contributed by atoms with Crippen LogP contribution in [0.25, 0.3) is 0 Å². The number of esters is 1. The van der Waals surface area contributed by atoms with E-state index in [-0.39, 0.29) is 11.4 Å². The summed E-state index contributed by atoms with van der Waals surface area (Å²) in [4.78, 5) is 12.1. The van der Waals surface area contributed by atoms with Crippen LogP contribution in [0.5, 0.6) is 0 Å². The fourth-order valence-electron chi connectivity index (χ4n) is 3.76. The fraction of sp³-hybridized carbons (Fsp3) is 0.960. The van der Waals surface area contributed by atoms with E-state index in [1.165, 1.54) is 103 Å². The van der Waals surface area contributed by atoms with Gasteiger partial charge in [-0.15, -0.1) is 0 Å². The normalized spacial score (nSPS) is 13.5. The van der Waals surface area contributed by atoms with Gasteiger partial charge >= 0.3 is 5.97 Å². The van der Waals surface area contributed by atoms with Gasteiger partial charge in [0.05, 0.1) is 6.61 Å². The lowest BCUT2D eigenvalue weighted by atomic mass is 9.80. The molecule has 0 aliphatic rings. The van der Waals surface area contributed by atoms with Gasteiger partial charge in [0.25, 0.3) is 0 Å². The third-order valence-corrected chi connectivity index (χ3v) is 5.83. The second-order valence-electron chi connectivity index (χ2n) is 8.96. The van der Waals surface area contributed by atoms with Gasteiger partial charge in [0.2, 0.25) is 0 Å². The molecule has 0 heterocycles. The minimum atomic E-state index is 0.0224. The molecule has 0 N–H and O–H groups in total. The van der Waals surface area contributed by atoms with Crippen LogP contribution >= 0.6 is 0 Å². The van der Waals surface area contributed by atoms with E-state index in [9.17, 15) is 4.79 Å². The van der Waals surface area contributed by atoms with E-state index in [4.69, 9.17) is 4.74 Å². The zero-order valence-electron chi connectivity index (χ0n) is 19.3. The zero-order valence-corrected chi connectivity index (χ0v) is 19.3. The Bertz CT molecular complexity index is 326. The Labute approximate surface area is 171 Å². The predicted molar refractivity (Wildman–Crippen MR) is 119 cm³/mol. The first kappa shape index (κ1) is 26.5. The second-order valence-corrected chi connectivity index (χ2v) is 8.96. The van der Waals surface area contributed by atoms with Crippen molar-refractivity contribution >= 4 is 5.97 Å². The maximum Gasteiger partial charge on any atom is 0.305 e. The molecular weight excluding hydrogens is 332 g/mol. The Morgan fingerprint density at radius 2 is 1.07 bits per heavy atom. The molecule has 162 valence electrons. The highest BCUT2D eigenvalue weighted by atomic mass is 16.5. The molecular formula is C25H50O2. The van der Waals surface area contributed by atoms with Crippen molar-refractivity contribution in [2.24, 2.45) is 5.41 Å². The Hall–Kier alpha value is -0.530. The van der Waals surface area contributed by atoms with Crippen molar-refractivity contribution in [2.45, 2.75) is 143 Å². The van der Waals surface area contributed by atoms with Crippen LogP contribution in [-0.2, 0) is 9.53 Å². The van der Waals surface area contributed by atoms with Crippen LogP contribution in [-0.4, -0.2) is 12.6 Å². The Kier molecular flexibility index (Phi) is 18.4. The van der Waals surface area contributed by atoms with E-state index in [0.717, 1.165) is 6.42 Å². The molecule has 0 rings (SSSR count). The molecule has 0 saturated carbocycles. The average molecular weight is 383 g/mol. The Morgan fingerprint density at radius 3 is 1.63 bits per heavy atom. The molecule has 0 aliphatic carbocycles. The minimum absolute atomic E-state index is 0.0224. The first-order valence-corrected chi connectivity index (χ1v) is 12.2. The van der Waals surface area contributed by atoms with Gasteiger partial charge in [0.15, 0.2) is 0 Å². The monoisotopic (exact) mass is 382 g/mol. The number of rotatable bonds is 20. The fourth-order valence-corrected chi connectivity index (χ4v) is 3.76. The second kappa shape index (κ2) is 18.8. The van der Waals surface area contributed by atoms with Gasteiger partial charge in [-0.1, -0.05) is 118 Å². The highest BCUT2D eigenvalue weighted by molar-refractivity contribution is 5.69. The van der Waals surface area contributed by atoms with Crippen molar-refractivity contribution in [2.75, 3.05) is 6.61 Å². The molecule has 2 nitrogen and oxygen atoms in total. The van der Waals surface area contributed by atoms with Crippen LogP contribution in [0.4, 0.5) is 0 Å². The highest BCUT2D eigenvalue weighted by Crippen LogP contribution is 2.31. The number of hydrogen-bond donors (Lipinski definition) is 0. The van der Waals surface area contributed by atoms with Gasteiger partial charge in [0, 0.05) is 11.8 Å². The molecule has 0 aromatic rings. The third kappa shape index (κ3) is 17.3. The Morgan fingerprint density at radius 1 is 0.630 bits per heavy atom. The van der Waals surface area contributed by atoms with Gasteiger partial charge < -0.3 is 4.74 Å². The summed E-state index contributed by atoms with van der Waals surface area (Å²) in [6, 6.07) is 0. The van der Waals surface area contributed by atoms with Crippen LogP contribution in [0.15, 0.2) is 0 Å². The average Bonchev–Trinajstić information content (AvgIpc) is 2.67. The van der Waals surface area contributed by atoms with Crippen LogP contribution in [0.3, 0.4) is 0 Å². The maximum atomic E-state index is 12.1. The molecule has 0 spiro atoms.